The van der Waals surface area contributed by atoms with E-state index in [9.17, 15) is 4.79 Å². The van der Waals surface area contributed by atoms with E-state index in [1.165, 1.54) is 0 Å². The van der Waals surface area contributed by atoms with Crippen molar-refractivity contribution in [2.24, 2.45) is 0 Å². The predicted octanol–water partition coefficient (Wildman–Crippen LogP) is 2.32. The molecule has 1 saturated heterocycles. The molecule has 1 unspecified atom stereocenters. The second-order valence-corrected chi connectivity index (χ2v) is 6.75. The van der Waals surface area contributed by atoms with Gasteiger partial charge in [-0.15, -0.1) is 0 Å². The van der Waals surface area contributed by atoms with Gasteiger partial charge in [0.1, 0.15) is 11.5 Å². The molecule has 0 radical (unpaired) electrons. The fraction of sp³-hybridized carbons (Fsp3) is 0.300. The molecule has 0 aromatic carbocycles. The van der Waals surface area contributed by atoms with Gasteiger partial charge in [-0.25, -0.2) is 4.98 Å². The summed E-state index contributed by atoms with van der Waals surface area (Å²) in [5.74, 6) is 0.813. The number of imidazole rings is 1. The van der Waals surface area contributed by atoms with Gasteiger partial charge in [0.25, 0.3) is 5.91 Å². The standard InChI is InChI=1S/C20H22N6O/c1-15-22-10-12-26(15)17-5-9-23-19(13-17)20(27)24(2)18-6-11-25(14-18)16-3-7-21-8-4-16/h3-5,7-10,12-13,18H,6,11,14H2,1-2H3. The molecule has 27 heavy (non-hydrogen) atoms. The molecular formula is C20H22N6O. The van der Waals surface area contributed by atoms with Crippen molar-refractivity contribution in [3.63, 3.8) is 0 Å². The average Bonchev–Trinajstić information content (AvgIpc) is 3.37. The Labute approximate surface area is 158 Å². The Morgan fingerprint density at radius 2 is 1.89 bits per heavy atom. The molecule has 3 aromatic rings. The number of rotatable bonds is 4. The number of pyridine rings is 2. The number of likely N-dealkylation sites (N-methyl/N-ethyl adjacent to an activating group) is 1. The normalized spacial score (nSPS) is 16.5. The summed E-state index contributed by atoms with van der Waals surface area (Å²) in [6.45, 7) is 3.67. The highest BCUT2D eigenvalue weighted by Gasteiger charge is 2.29. The zero-order valence-electron chi connectivity index (χ0n) is 15.5. The number of nitrogens with zero attached hydrogens (tertiary/aromatic N) is 6. The number of aromatic nitrogens is 4. The van der Waals surface area contributed by atoms with E-state index >= 15 is 0 Å². The van der Waals surface area contributed by atoms with E-state index in [0.29, 0.717) is 5.69 Å². The zero-order valence-corrected chi connectivity index (χ0v) is 15.5. The Morgan fingerprint density at radius 1 is 1.11 bits per heavy atom. The molecule has 138 valence electrons. The van der Waals surface area contributed by atoms with Crippen LogP contribution >= 0.6 is 0 Å². The van der Waals surface area contributed by atoms with Crippen molar-refractivity contribution in [1.29, 1.82) is 0 Å². The number of amides is 1. The van der Waals surface area contributed by atoms with Crippen molar-refractivity contribution >= 4 is 11.6 Å². The van der Waals surface area contributed by atoms with Crippen molar-refractivity contribution in [3.05, 3.63) is 66.8 Å². The van der Waals surface area contributed by atoms with Crippen LogP contribution in [0, 0.1) is 6.92 Å². The monoisotopic (exact) mass is 362 g/mol. The average molecular weight is 362 g/mol. The highest BCUT2D eigenvalue weighted by molar-refractivity contribution is 5.93. The van der Waals surface area contributed by atoms with Gasteiger partial charge in [0, 0.05) is 56.8 Å². The third-order valence-corrected chi connectivity index (χ3v) is 5.13. The number of anilines is 1. The van der Waals surface area contributed by atoms with Crippen LogP contribution < -0.4 is 4.90 Å². The Hall–Kier alpha value is -3.22. The number of aryl methyl sites for hydroxylation is 1. The predicted molar refractivity (Wildman–Crippen MR) is 103 cm³/mol. The maximum atomic E-state index is 13.0. The highest BCUT2D eigenvalue weighted by Crippen LogP contribution is 2.23. The molecule has 1 fully saturated rings. The molecule has 1 aliphatic rings. The first-order chi connectivity index (χ1) is 13.1. The van der Waals surface area contributed by atoms with Crippen LogP contribution in [0.3, 0.4) is 0 Å². The van der Waals surface area contributed by atoms with Gasteiger partial charge >= 0.3 is 0 Å². The molecule has 0 spiro atoms. The van der Waals surface area contributed by atoms with Crippen molar-refractivity contribution in [2.75, 3.05) is 25.0 Å². The third kappa shape index (κ3) is 3.40. The van der Waals surface area contributed by atoms with Gasteiger partial charge in [0.15, 0.2) is 0 Å². The number of hydrogen-bond donors (Lipinski definition) is 0. The molecule has 7 nitrogen and oxygen atoms in total. The van der Waals surface area contributed by atoms with Crippen LogP contribution in [-0.4, -0.2) is 56.5 Å². The second-order valence-electron chi connectivity index (χ2n) is 6.75. The zero-order chi connectivity index (χ0) is 18.8. The highest BCUT2D eigenvalue weighted by atomic mass is 16.2. The maximum Gasteiger partial charge on any atom is 0.272 e. The summed E-state index contributed by atoms with van der Waals surface area (Å²) in [6.07, 6.45) is 9.83. The molecular weight excluding hydrogens is 340 g/mol. The lowest BCUT2D eigenvalue weighted by Gasteiger charge is -2.25. The van der Waals surface area contributed by atoms with E-state index in [1.54, 1.807) is 24.8 Å². The summed E-state index contributed by atoms with van der Waals surface area (Å²) in [7, 11) is 1.86. The smallest absolute Gasteiger partial charge is 0.272 e. The SMILES string of the molecule is Cc1nccn1-c1ccnc(C(=O)N(C)C2CCN(c3ccncc3)C2)c1. The van der Waals surface area contributed by atoms with E-state index in [2.05, 4.69) is 19.9 Å². The number of hydrogen-bond acceptors (Lipinski definition) is 5. The maximum absolute atomic E-state index is 13.0. The molecule has 7 heteroatoms. The van der Waals surface area contributed by atoms with E-state index in [-0.39, 0.29) is 11.9 Å². The lowest BCUT2D eigenvalue weighted by molar-refractivity contribution is 0.0739. The molecule has 0 N–H and O–H groups in total. The minimum atomic E-state index is -0.0591. The Kier molecular flexibility index (Phi) is 4.58. The Bertz CT molecular complexity index is 938. The Balaban J connectivity index is 1.49. The molecule has 4 heterocycles. The summed E-state index contributed by atoms with van der Waals surface area (Å²) in [6, 6.07) is 7.87. The summed E-state index contributed by atoms with van der Waals surface area (Å²) in [4.78, 5) is 29.7. The van der Waals surface area contributed by atoms with Crippen molar-refractivity contribution in [1.82, 2.24) is 24.4 Å². The topological polar surface area (TPSA) is 67.2 Å². The van der Waals surface area contributed by atoms with Gasteiger partial charge in [-0.3, -0.25) is 14.8 Å². The van der Waals surface area contributed by atoms with Crippen LogP contribution in [0.4, 0.5) is 5.69 Å². The lowest BCUT2D eigenvalue weighted by atomic mass is 10.2. The summed E-state index contributed by atoms with van der Waals surface area (Å²) in [5, 5.41) is 0. The van der Waals surface area contributed by atoms with Crippen LogP contribution in [0.5, 0.6) is 0 Å². The van der Waals surface area contributed by atoms with E-state index < -0.39 is 0 Å². The minimum absolute atomic E-state index is 0.0591. The van der Waals surface area contributed by atoms with Crippen LogP contribution in [0.25, 0.3) is 5.69 Å². The quantitative estimate of drug-likeness (QED) is 0.713. The van der Waals surface area contributed by atoms with Crippen molar-refractivity contribution in [2.45, 2.75) is 19.4 Å². The van der Waals surface area contributed by atoms with Gasteiger partial charge in [-0.1, -0.05) is 0 Å². The summed E-state index contributed by atoms with van der Waals surface area (Å²) < 4.78 is 1.94. The van der Waals surface area contributed by atoms with Gasteiger partial charge in [0.2, 0.25) is 0 Å². The first-order valence-electron chi connectivity index (χ1n) is 9.02. The van der Waals surface area contributed by atoms with E-state index in [1.807, 2.05) is 53.9 Å². The Morgan fingerprint density at radius 3 is 2.63 bits per heavy atom. The van der Waals surface area contributed by atoms with Gasteiger partial charge in [-0.2, -0.15) is 0 Å². The van der Waals surface area contributed by atoms with Gasteiger partial charge in [-0.05, 0) is 37.6 Å². The molecule has 1 atom stereocenters. The fourth-order valence-electron chi connectivity index (χ4n) is 3.53. The van der Waals surface area contributed by atoms with Crippen LogP contribution in [0.2, 0.25) is 0 Å². The number of carbonyl (C=O) groups excluding carboxylic acids is 1. The first-order valence-corrected chi connectivity index (χ1v) is 9.02. The molecule has 1 amide bonds. The largest absolute Gasteiger partial charge is 0.369 e. The second kappa shape index (κ2) is 7.19. The van der Waals surface area contributed by atoms with Crippen molar-refractivity contribution < 1.29 is 4.79 Å². The van der Waals surface area contributed by atoms with E-state index in [0.717, 1.165) is 36.7 Å². The summed E-state index contributed by atoms with van der Waals surface area (Å²) >= 11 is 0. The fourth-order valence-corrected chi connectivity index (χ4v) is 3.53. The van der Waals surface area contributed by atoms with Crippen LogP contribution in [0.1, 0.15) is 22.7 Å². The molecule has 0 bridgehead atoms. The van der Waals surface area contributed by atoms with Crippen LogP contribution in [-0.2, 0) is 0 Å². The molecule has 3 aromatic heterocycles. The third-order valence-electron chi connectivity index (χ3n) is 5.13. The molecule has 1 aliphatic heterocycles. The summed E-state index contributed by atoms with van der Waals surface area (Å²) in [5.41, 5.74) is 2.48. The van der Waals surface area contributed by atoms with E-state index in [4.69, 9.17) is 0 Å². The first kappa shape index (κ1) is 17.2. The van der Waals surface area contributed by atoms with Gasteiger partial charge in [0.05, 0.1) is 11.7 Å². The van der Waals surface area contributed by atoms with Crippen LogP contribution in [0.15, 0.2) is 55.2 Å². The molecule has 0 aliphatic carbocycles. The molecule has 4 rings (SSSR count). The van der Waals surface area contributed by atoms with Gasteiger partial charge < -0.3 is 14.4 Å². The number of carbonyl (C=O) groups is 1. The minimum Gasteiger partial charge on any atom is -0.369 e. The lowest BCUT2D eigenvalue weighted by Crippen LogP contribution is -2.39. The van der Waals surface area contributed by atoms with Crippen molar-refractivity contribution in [3.8, 4) is 5.69 Å². The molecule has 0 saturated carbocycles.